The highest BCUT2D eigenvalue weighted by Gasteiger charge is 2.18. The normalized spacial score (nSPS) is 24.9. The molecule has 0 spiro atoms. The molecule has 1 saturated heterocycles. The Morgan fingerprint density at radius 3 is 2.92 bits per heavy atom. The molecule has 1 atom stereocenters. The van der Waals surface area contributed by atoms with Crippen molar-refractivity contribution < 1.29 is 4.74 Å². The zero-order valence-corrected chi connectivity index (χ0v) is 8.67. The van der Waals surface area contributed by atoms with Crippen molar-refractivity contribution in [1.82, 2.24) is 5.01 Å². The summed E-state index contributed by atoms with van der Waals surface area (Å²) in [4.78, 5) is 0. The SMILES string of the molecule is CCCCCCC1COCCN1N. The first kappa shape index (κ1) is 11.0. The van der Waals surface area contributed by atoms with E-state index in [4.69, 9.17) is 10.6 Å². The van der Waals surface area contributed by atoms with Gasteiger partial charge in [-0.2, -0.15) is 0 Å². The third-order valence-electron chi connectivity index (χ3n) is 2.66. The molecule has 1 heterocycles. The van der Waals surface area contributed by atoms with Crippen molar-refractivity contribution in [3.8, 4) is 0 Å². The first-order valence-corrected chi connectivity index (χ1v) is 5.43. The molecule has 0 amide bonds. The number of hydrogen-bond acceptors (Lipinski definition) is 3. The van der Waals surface area contributed by atoms with Crippen LogP contribution in [0, 0.1) is 0 Å². The molecule has 0 bridgehead atoms. The van der Waals surface area contributed by atoms with Crippen LogP contribution in [0.1, 0.15) is 39.0 Å². The number of unbranched alkanes of at least 4 members (excludes halogenated alkanes) is 3. The highest BCUT2D eigenvalue weighted by Crippen LogP contribution is 2.11. The minimum atomic E-state index is 0.464. The maximum absolute atomic E-state index is 5.85. The van der Waals surface area contributed by atoms with Gasteiger partial charge in [0.05, 0.1) is 13.2 Å². The fraction of sp³-hybridized carbons (Fsp3) is 1.00. The molecule has 1 aliphatic rings. The molecule has 1 fully saturated rings. The van der Waals surface area contributed by atoms with Crippen LogP contribution in [-0.4, -0.2) is 30.8 Å². The third-order valence-corrected chi connectivity index (χ3v) is 2.66. The lowest BCUT2D eigenvalue weighted by Crippen LogP contribution is -2.49. The molecule has 13 heavy (non-hydrogen) atoms. The summed E-state index contributed by atoms with van der Waals surface area (Å²) in [6, 6.07) is 0.464. The average molecular weight is 186 g/mol. The van der Waals surface area contributed by atoms with E-state index in [0.29, 0.717) is 6.04 Å². The maximum Gasteiger partial charge on any atom is 0.0636 e. The standard InChI is InChI=1S/C10H22N2O/c1-2-3-4-5-6-10-9-13-8-7-12(10)11/h10H,2-9,11H2,1H3. The van der Waals surface area contributed by atoms with E-state index in [1.165, 1.54) is 32.1 Å². The number of nitrogens with zero attached hydrogens (tertiary/aromatic N) is 1. The molecule has 1 aliphatic heterocycles. The van der Waals surface area contributed by atoms with Gasteiger partial charge in [-0.25, -0.2) is 5.01 Å². The highest BCUT2D eigenvalue weighted by atomic mass is 16.5. The third kappa shape index (κ3) is 4.07. The number of rotatable bonds is 5. The van der Waals surface area contributed by atoms with E-state index in [2.05, 4.69) is 6.92 Å². The van der Waals surface area contributed by atoms with Crippen LogP contribution in [0.3, 0.4) is 0 Å². The Morgan fingerprint density at radius 1 is 1.38 bits per heavy atom. The molecular weight excluding hydrogens is 164 g/mol. The lowest BCUT2D eigenvalue weighted by atomic mass is 10.1. The Bertz CT molecular complexity index is 130. The van der Waals surface area contributed by atoms with Crippen molar-refractivity contribution >= 4 is 0 Å². The largest absolute Gasteiger partial charge is 0.378 e. The summed E-state index contributed by atoms with van der Waals surface area (Å²) in [5.41, 5.74) is 0. The van der Waals surface area contributed by atoms with Crippen LogP contribution < -0.4 is 5.84 Å². The van der Waals surface area contributed by atoms with E-state index in [-0.39, 0.29) is 0 Å². The second kappa shape index (κ2) is 6.35. The van der Waals surface area contributed by atoms with Crippen molar-refractivity contribution in [3.05, 3.63) is 0 Å². The Morgan fingerprint density at radius 2 is 2.23 bits per heavy atom. The topological polar surface area (TPSA) is 38.5 Å². The minimum absolute atomic E-state index is 0.464. The van der Waals surface area contributed by atoms with Gasteiger partial charge < -0.3 is 4.74 Å². The van der Waals surface area contributed by atoms with Crippen molar-refractivity contribution in [3.63, 3.8) is 0 Å². The Hall–Kier alpha value is -0.120. The molecule has 0 aromatic carbocycles. The summed E-state index contributed by atoms with van der Waals surface area (Å²) in [6.45, 7) is 4.74. The molecule has 3 heteroatoms. The number of nitrogens with two attached hydrogens (primary N) is 1. The Labute approximate surface area is 81.2 Å². The summed E-state index contributed by atoms with van der Waals surface area (Å²) in [5, 5.41) is 1.94. The first-order chi connectivity index (χ1) is 6.34. The van der Waals surface area contributed by atoms with Crippen molar-refractivity contribution in [2.45, 2.75) is 45.1 Å². The fourth-order valence-electron chi connectivity index (χ4n) is 1.72. The van der Waals surface area contributed by atoms with E-state index < -0.39 is 0 Å². The summed E-state index contributed by atoms with van der Waals surface area (Å²) in [6.07, 6.45) is 6.46. The molecule has 0 saturated carbocycles. The van der Waals surface area contributed by atoms with Crippen molar-refractivity contribution in [1.29, 1.82) is 0 Å². The van der Waals surface area contributed by atoms with Gasteiger partial charge in [0.25, 0.3) is 0 Å². The smallest absolute Gasteiger partial charge is 0.0636 e. The van der Waals surface area contributed by atoms with Gasteiger partial charge in [-0.15, -0.1) is 0 Å². The molecule has 1 unspecified atom stereocenters. The predicted molar refractivity (Wildman–Crippen MR) is 54.3 cm³/mol. The lowest BCUT2D eigenvalue weighted by molar-refractivity contribution is -0.0116. The molecule has 0 radical (unpaired) electrons. The van der Waals surface area contributed by atoms with Crippen LogP contribution in [0.25, 0.3) is 0 Å². The summed E-state index contributed by atoms with van der Waals surface area (Å²) >= 11 is 0. The molecule has 3 nitrogen and oxygen atoms in total. The maximum atomic E-state index is 5.85. The molecule has 0 aromatic rings. The molecule has 2 N–H and O–H groups in total. The van der Waals surface area contributed by atoms with E-state index in [1.54, 1.807) is 0 Å². The van der Waals surface area contributed by atoms with Gasteiger partial charge in [0.15, 0.2) is 0 Å². The van der Waals surface area contributed by atoms with Crippen LogP contribution in [0.4, 0.5) is 0 Å². The van der Waals surface area contributed by atoms with E-state index in [0.717, 1.165) is 19.8 Å². The van der Waals surface area contributed by atoms with Crippen molar-refractivity contribution in [2.24, 2.45) is 5.84 Å². The van der Waals surface area contributed by atoms with E-state index >= 15 is 0 Å². The predicted octanol–water partition coefficient (Wildman–Crippen LogP) is 1.53. The Balaban J connectivity index is 2.05. The highest BCUT2D eigenvalue weighted by molar-refractivity contribution is 4.70. The van der Waals surface area contributed by atoms with Gasteiger partial charge in [-0.1, -0.05) is 32.6 Å². The first-order valence-electron chi connectivity index (χ1n) is 5.43. The average Bonchev–Trinajstić information content (AvgIpc) is 2.15. The quantitative estimate of drug-likeness (QED) is 0.523. The van der Waals surface area contributed by atoms with Crippen molar-refractivity contribution in [2.75, 3.05) is 19.8 Å². The Kier molecular flexibility index (Phi) is 5.35. The van der Waals surface area contributed by atoms with E-state index in [9.17, 15) is 0 Å². The van der Waals surface area contributed by atoms with Crippen LogP contribution >= 0.6 is 0 Å². The van der Waals surface area contributed by atoms with Gasteiger partial charge in [-0.3, -0.25) is 5.84 Å². The monoisotopic (exact) mass is 186 g/mol. The zero-order valence-electron chi connectivity index (χ0n) is 8.67. The van der Waals surface area contributed by atoms with Crippen LogP contribution in [0.5, 0.6) is 0 Å². The molecule has 78 valence electrons. The van der Waals surface area contributed by atoms with Crippen LogP contribution in [0.15, 0.2) is 0 Å². The van der Waals surface area contributed by atoms with Gasteiger partial charge in [0.1, 0.15) is 0 Å². The summed E-state index contributed by atoms with van der Waals surface area (Å²) in [5.74, 6) is 5.85. The molecular formula is C10H22N2O. The lowest BCUT2D eigenvalue weighted by Gasteiger charge is -2.31. The van der Waals surface area contributed by atoms with Gasteiger partial charge in [-0.05, 0) is 6.42 Å². The summed E-state index contributed by atoms with van der Waals surface area (Å²) in [7, 11) is 0. The number of hydrazine groups is 1. The second-order valence-corrected chi connectivity index (χ2v) is 3.82. The van der Waals surface area contributed by atoms with E-state index in [1.807, 2.05) is 5.01 Å². The second-order valence-electron chi connectivity index (χ2n) is 3.82. The molecule has 1 rings (SSSR count). The fourth-order valence-corrected chi connectivity index (χ4v) is 1.72. The summed E-state index contributed by atoms with van der Waals surface area (Å²) < 4.78 is 5.39. The number of ether oxygens (including phenoxy) is 1. The van der Waals surface area contributed by atoms with Gasteiger partial charge in [0.2, 0.25) is 0 Å². The molecule has 0 aliphatic carbocycles. The zero-order chi connectivity index (χ0) is 9.52. The number of hydrogen-bond donors (Lipinski definition) is 1. The number of morpholine rings is 1. The van der Waals surface area contributed by atoms with Crippen LogP contribution in [-0.2, 0) is 4.74 Å². The molecule has 0 aromatic heterocycles. The van der Waals surface area contributed by atoms with Gasteiger partial charge >= 0.3 is 0 Å². The minimum Gasteiger partial charge on any atom is -0.378 e. The van der Waals surface area contributed by atoms with Crippen LogP contribution in [0.2, 0.25) is 0 Å². The van der Waals surface area contributed by atoms with Gasteiger partial charge in [0, 0.05) is 12.6 Å².